The third-order valence-corrected chi connectivity index (χ3v) is 4.59. The highest BCUT2D eigenvalue weighted by molar-refractivity contribution is 7.80. The number of urea groups is 1. The van der Waals surface area contributed by atoms with E-state index in [0.717, 1.165) is 21.8 Å². The number of anilines is 1. The SMILES string of the molecule is Cc1ccc(C)c(NC(=S)NN2C(=O)N[C@](C)(c3ccccc3)C2=O)c1. The second kappa shape index (κ2) is 6.76. The molecule has 3 N–H and O–H groups in total. The molecule has 2 aromatic carbocycles. The first-order valence-electron chi connectivity index (χ1n) is 8.18. The van der Waals surface area contributed by atoms with Crippen LogP contribution in [0.2, 0.25) is 0 Å². The molecule has 7 heteroatoms. The van der Waals surface area contributed by atoms with Crippen molar-refractivity contribution in [3.63, 3.8) is 0 Å². The highest BCUT2D eigenvalue weighted by Crippen LogP contribution is 2.27. The van der Waals surface area contributed by atoms with E-state index in [0.29, 0.717) is 5.56 Å². The maximum atomic E-state index is 12.8. The predicted molar refractivity (Wildman–Crippen MR) is 104 cm³/mol. The molecule has 1 heterocycles. The van der Waals surface area contributed by atoms with Crippen LogP contribution < -0.4 is 16.1 Å². The lowest BCUT2D eigenvalue weighted by Gasteiger charge is -2.22. The average molecular weight is 368 g/mol. The number of imide groups is 1. The van der Waals surface area contributed by atoms with Gasteiger partial charge in [-0.3, -0.25) is 10.2 Å². The molecule has 0 radical (unpaired) electrons. The third-order valence-electron chi connectivity index (χ3n) is 4.40. The summed E-state index contributed by atoms with van der Waals surface area (Å²) in [6.45, 7) is 5.60. The molecular weight excluding hydrogens is 348 g/mol. The number of hydrazine groups is 1. The van der Waals surface area contributed by atoms with Crippen molar-refractivity contribution in [2.24, 2.45) is 0 Å². The standard InChI is InChI=1S/C19H20N4O2S/c1-12-9-10-13(2)15(11-12)20-17(26)22-23-16(24)19(3,21-18(23)25)14-7-5-4-6-8-14/h4-11H,1-3H3,(H,21,25)(H2,20,22,26)/t19-/m1/s1. The normalized spacial score (nSPS) is 19.3. The van der Waals surface area contributed by atoms with E-state index in [2.05, 4.69) is 16.1 Å². The Balaban J connectivity index is 1.76. The first-order chi connectivity index (χ1) is 12.3. The van der Waals surface area contributed by atoms with Gasteiger partial charge in [-0.05, 0) is 55.7 Å². The summed E-state index contributed by atoms with van der Waals surface area (Å²) in [7, 11) is 0. The molecule has 134 valence electrons. The quantitative estimate of drug-likeness (QED) is 0.574. The van der Waals surface area contributed by atoms with Crippen molar-refractivity contribution in [3.05, 3.63) is 65.2 Å². The number of nitrogens with one attached hydrogen (secondary N) is 3. The number of rotatable bonds is 3. The van der Waals surface area contributed by atoms with Crippen LogP contribution in [0.25, 0.3) is 0 Å². The van der Waals surface area contributed by atoms with Crippen molar-refractivity contribution < 1.29 is 9.59 Å². The molecule has 1 saturated heterocycles. The zero-order valence-corrected chi connectivity index (χ0v) is 15.6. The van der Waals surface area contributed by atoms with Gasteiger partial charge in [-0.2, -0.15) is 5.01 Å². The molecule has 1 atom stereocenters. The van der Waals surface area contributed by atoms with Crippen molar-refractivity contribution in [1.29, 1.82) is 0 Å². The molecule has 0 unspecified atom stereocenters. The van der Waals surface area contributed by atoms with E-state index in [9.17, 15) is 9.59 Å². The van der Waals surface area contributed by atoms with Gasteiger partial charge in [0.25, 0.3) is 5.91 Å². The van der Waals surface area contributed by atoms with Gasteiger partial charge in [-0.1, -0.05) is 42.5 Å². The number of nitrogens with zero attached hydrogens (tertiary/aromatic N) is 1. The lowest BCUT2D eigenvalue weighted by molar-refractivity contribution is -0.132. The molecule has 1 aliphatic heterocycles. The summed E-state index contributed by atoms with van der Waals surface area (Å²) < 4.78 is 0. The number of thiocarbonyl (C=S) groups is 1. The Hall–Kier alpha value is -2.93. The van der Waals surface area contributed by atoms with Crippen molar-refractivity contribution in [2.75, 3.05) is 5.32 Å². The zero-order chi connectivity index (χ0) is 18.9. The lowest BCUT2D eigenvalue weighted by Crippen LogP contribution is -2.49. The summed E-state index contributed by atoms with van der Waals surface area (Å²) >= 11 is 5.28. The number of hydrogen-bond donors (Lipinski definition) is 3. The maximum Gasteiger partial charge on any atom is 0.344 e. The van der Waals surface area contributed by atoms with Crippen molar-refractivity contribution in [3.8, 4) is 0 Å². The van der Waals surface area contributed by atoms with E-state index < -0.39 is 17.5 Å². The van der Waals surface area contributed by atoms with Crippen LogP contribution in [0.5, 0.6) is 0 Å². The van der Waals surface area contributed by atoms with Gasteiger partial charge >= 0.3 is 6.03 Å². The molecule has 6 nitrogen and oxygen atoms in total. The summed E-state index contributed by atoms with van der Waals surface area (Å²) in [5.74, 6) is -0.418. The van der Waals surface area contributed by atoms with Gasteiger partial charge < -0.3 is 10.6 Å². The minimum atomic E-state index is -1.14. The summed E-state index contributed by atoms with van der Waals surface area (Å²) in [6, 6.07) is 14.5. The molecule has 26 heavy (non-hydrogen) atoms. The number of carbonyl (C=O) groups is 2. The van der Waals surface area contributed by atoms with E-state index in [-0.39, 0.29) is 5.11 Å². The number of amides is 3. The van der Waals surface area contributed by atoms with E-state index in [4.69, 9.17) is 12.2 Å². The second-order valence-electron chi connectivity index (χ2n) is 6.45. The lowest BCUT2D eigenvalue weighted by atomic mass is 9.92. The number of benzene rings is 2. The fourth-order valence-corrected chi connectivity index (χ4v) is 3.03. The predicted octanol–water partition coefficient (Wildman–Crippen LogP) is 2.97. The smallest absolute Gasteiger partial charge is 0.331 e. The Kier molecular flexibility index (Phi) is 4.65. The molecule has 0 aliphatic carbocycles. The van der Waals surface area contributed by atoms with Crippen LogP contribution in [0, 0.1) is 13.8 Å². The van der Waals surface area contributed by atoms with E-state index in [1.165, 1.54) is 0 Å². The van der Waals surface area contributed by atoms with Crippen LogP contribution >= 0.6 is 12.2 Å². The molecule has 1 fully saturated rings. The molecular formula is C19H20N4O2S. The minimum absolute atomic E-state index is 0.166. The van der Waals surface area contributed by atoms with Crippen molar-refractivity contribution >= 4 is 35.0 Å². The molecule has 0 aromatic heterocycles. The first-order valence-corrected chi connectivity index (χ1v) is 8.59. The average Bonchev–Trinajstić information content (AvgIpc) is 2.83. The fourth-order valence-electron chi connectivity index (χ4n) is 2.83. The molecule has 1 aliphatic rings. The zero-order valence-electron chi connectivity index (χ0n) is 14.8. The van der Waals surface area contributed by atoms with Crippen LogP contribution in [-0.4, -0.2) is 22.1 Å². The van der Waals surface area contributed by atoms with Gasteiger partial charge in [0, 0.05) is 5.69 Å². The van der Waals surface area contributed by atoms with Crippen LogP contribution in [0.3, 0.4) is 0 Å². The van der Waals surface area contributed by atoms with Crippen LogP contribution in [0.1, 0.15) is 23.6 Å². The maximum absolute atomic E-state index is 12.8. The van der Waals surface area contributed by atoms with Crippen LogP contribution in [0.15, 0.2) is 48.5 Å². The number of hydrogen-bond acceptors (Lipinski definition) is 3. The fraction of sp³-hybridized carbons (Fsp3) is 0.211. The Morgan fingerprint density at radius 2 is 1.81 bits per heavy atom. The van der Waals surface area contributed by atoms with Gasteiger partial charge in [-0.15, -0.1) is 0 Å². The number of carbonyl (C=O) groups excluding carboxylic acids is 2. The Labute approximate surface area is 157 Å². The number of aryl methyl sites for hydroxylation is 2. The minimum Gasteiger partial charge on any atom is -0.331 e. The topological polar surface area (TPSA) is 73.5 Å². The van der Waals surface area contributed by atoms with Crippen LogP contribution in [0.4, 0.5) is 10.5 Å². The van der Waals surface area contributed by atoms with Gasteiger partial charge in [0.1, 0.15) is 5.54 Å². The monoisotopic (exact) mass is 368 g/mol. The van der Waals surface area contributed by atoms with Gasteiger partial charge in [0.15, 0.2) is 5.11 Å². The Morgan fingerprint density at radius 1 is 1.12 bits per heavy atom. The highest BCUT2D eigenvalue weighted by atomic mass is 32.1. The molecule has 0 spiro atoms. The van der Waals surface area contributed by atoms with E-state index in [1.54, 1.807) is 19.1 Å². The molecule has 3 rings (SSSR count). The summed E-state index contributed by atoms with van der Waals surface area (Å²) in [6.07, 6.45) is 0. The van der Waals surface area contributed by atoms with Crippen LogP contribution in [-0.2, 0) is 10.3 Å². The largest absolute Gasteiger partial charge is 0.344 e. The molecule has 0 bridgehead atoms. The van der Waals surface area contributed by atoms with Gasteiger partial charge in [0.05, 0.1) is 0 Å². The first kappa shape index (κ1) is 17.9. The van der Waals surface area contributed by atoms with E-state index >= 15 is 0 Å². The second-order valence-corrected chi connectivity index (χ2v) is 6.85. The molecule has 0 saturated carbocycles. The molecule has 2 aromatic rings. The van der Waals surface area contributed by atoms with Crippen molar-refractivity contribution in [2.45, 2.75) is 26.3 Å². The third kappa shape index (κ3) is 3.25. The Morgan fingerprint density at radius 3 is 2.50 bits per heavy atom. The van der Waals surface area contributed by atoms with Crippen molar-refractivity contribution in [1.82, 2.24) is 15.8 Å². The summed E-state index contributed by atoms with van der Waals surface area (Å²) in [4.78, 5) is 25.2. The van der Waals surface area contributed by atoms with E-state index in [1.807, 2.05) is 50.2 Å². The summed E-state index contributed by atoms with van der Waals surface area (Å²) in [5, 5.41) is 6.83. The highest BCUT2D eigenvalue weighted by Gasteiger charge is 2.49. The Bertz CT molecular complexity index is 884. The van der Waals surface area contributed by atoms with Gasteiger partial charge in [0.2, 0.25) is 0 Å². The van der Waals surface area contributed by atoms with Gasteiger partial charge in [-0.25, -0.2) is 4.79 Å². The molecule has 3 amide bonds. The summed E-state index contributed by atoms with van der Waals surface area (Å²) in [5.41, 5.74) is 5.16.